The third-order valence-corrected chi connectivity index (χ3v) is 16.5. The van der Waals surface area contributed by atoms with Crippen LogP contribution in [0.5, 0.6) is 0 Å². The van der Waals surface area contributed by atoms with Crippen LogP contribution in [0, 0.1) is 0 Å². The van der Waals surface area contributed by atoms with Crippen molar-refractivity contribution in [3.05, 3.63) is 134 Å². The van der Waals surface area contributed by atoms with Crippen molar-refractivity contribution in [3.63, 3.8) is 0 Å². The summed E-state index contributed by atoms with van der Waals surface area (Å²) in [5, 5.41) is 10.6. The van der Waals surface area contributed by atoms with E-state index in [0.717, 1.165) is 167 Å². The molecule has 19 heteroatoms. The second-order valence-corrected chi connectivity index (χ2v) is 26.7. The van der Waals surface area contributed by atoms with Crippen molar-refractivity contribution in [2.75, 3.05) is 39.6 Å². The third-order valence-electron chi connectivity index (χ3n) is 14.6. The first-order valence-corrected chi connectivity index (χ1v) is 39.4. The quantitative estimate of drug-likeness (QED) is 0.0169. The van der Waals surface area contributed by atoms with E-state index in [1.54, 1.807) is 0 Å². The van der Waals surface area contributed by atoms with Gasteiger partial charge >= 0.3 is 39.5 Å². The predicted molar refractivity (Wildman–Crippen MR) is 390 cm³/mol. The number of aliphatic hydroxyl groups is 1. The molecule has 0 amide bonds. The molecular formula is C77H128O17P2. The Labute approximate surface area is 580 Å². The van der Waals surface area contributed by atoms with E-state index in [-0.39, 0.29) is 25.7 Å². The summed E-state index contributed by atoms with van der Waals surface area (Å²) in [6.07, 6.45) is 74.7. The molecule has 0 aliphatic rings. The SMILES string of the molecule is CC/C=C\C/C=C\C/C=C\C/C=C\C/C=C\CCCCCC(=O)OCC(COP(=O)(O)OCC(O)COP(=O)(O)OCC(COC(=O)CCCC/C=C\C/C=C\C/C=C\C/C=C\CC)OC(=O)CCCCCCC/C=C\CCCC)OC(=O)CCCCCCC/C=C\CCCC. The van der Waals surface area contributed by atoms with E-state index in [1.807, 2.05) is 0 Å². The fourth-order valence-electron chi connectivity index (χ4n) is 9.02. The molecule has 17 nitrogen and oxygen atoms in total. The molecule has 0 aromatic rings. The van der Waals surface area contributed by atoms with E-state index in [9.17, 15) is 43.2 Å². The molecular weight excluding hydrogens is 1260 g/mol. The molecule has 0 rings (SSSR count). The Morgan fingerprint density at radius 2 is 0.542 bits per heavy atom. The molecule has 0 aromatic heterocycles. The molecule has 0 spiro atoms. The van der Waals surface area contributed by atoms with E-state index >= 15 is 0 Å². The van der Waals surface area contributed by atoms with Gasteiger partial charge in [0.25, 0.3) is 0 Å². The highest BCUT2D eigenvalue weighted by Gasteiger charge is 2.30. The van der Waals surface area contributed by atoms with Gasteiger partial charge in [-0.1, -0.05) is 232 Å². The fraction of sp³-hybridized carbons (Fsp3) is 0.662. The second kappa shape index (κ2) is 68.7. The summed E-state index contributed by atoms with van der Waals surface area (Å²) in [5.41, 5.74) is 0. The predicted octanol–water partition coefficient (Wildman–Crippen LogP) is 20.5. The number of carbonyl (C=O) groups is 4. The van der Waals surface area contributed by atoms with E-state index in [0.29, 0.717) is 25.7 Å². The van der Waals surface area contributed by atoms with Gasteiger partial charge < -0.3 is 33.8 Å². The number of allylic oxidation sites excluding steroid dienone is 22. The van der Waals surface area contributed by atoms with E-state index < -0.39 is 97.5 Å². The zero-order valence-electron chi connectivity index (χ0n) is 59.5. The molecule has 0 radical (unpaired) electrons. The first kappa shape index (κ1) is 91.2. The van der Waals surface area contributed by atoms with Crippen LogP contribution in [0.15, 0.2) is 134 Å². The van der Waals surface area contributed by atoms with Gasteiger partial charge in [0, 0.05) is 25.7 Å². The Kier molecular flexibility index (Phi) is 65.3. The highest BCUT2D eigenvalue weighted by molar-refractivity contribution is 7.47. The van der Waals surface area contributed by atoms with Crippen LogP contribution in [0.25, 0.3) is 0 Å². The van der Waals surface area contributed by atoms with Gasteiger partial charge in [0.15, 0.2) is 12.2 Å². The normalized spacial score (nSPS) is 14.8. The molecule has 0 saturated heterocycles. The van der Waals surface area contributed by atoms with Crippen LogP contribution in [0.3, 0.4) is 0 Å². The number of phosphoric acid groups is 2. The summed E-state index contributed by atoms with van der Waals surface area (Å²) >= 11 is 0. The summed E-state index contributed by atoms with van der Waals surface area (Å²) < 4.78 is 68.2. The maximum Gasteiger partial charge on any atom is 0.472 e. The van der Waals surface area contributed by atoms with Gasteiger partial charge in [0.1, 0.15) is 19.3 Å². The molecule has 3 N–H and O–H groups in total. The number of esters is 4. The standard InChI is InChI=1S/C77H128O17P2/c1-5-9-13-17-21-25-29-31-33-34-35-36-38-40-44-46-50-54-58-62-75(80)88-68-73(94-77(82)64-60-56-52-48-42-28-24-20-16-12-8-4)70-92-96(85,86)90-66-71(78)65-89-95(83,84)91-69-72(93-76(81)63-59-55-51-47-41-27-23-19-15-11-7-3)67-87-74(79)61-57-53-49-45-43-39-37-32-30-26-22-18-14-10-6-2/h9-10,13-14,19-26,31-33,35-37,40,43-45,71-73,78H,5-8,11-12,15-18,27-30,34,38-39,41-42,46-70H2,1-4H3,(H,83,84)(H,85,86)/b13-9-,14-10-,23-19-,24-20-,25-21-,26-22-,33-31-,36-35-,37-32-,44-40-,45-43-. The summed E-state index contributed by atoms with van der Waals surface area (Å²) in [5.74, 6) is -2.29. The van der Waals surface area contributed by atoms with Gasteiger partial charge in [-0.15, -0.1) is 0 Å². The van der Waals surface area contributed by atoms with E-state index in [4.69, 9.17) is 37.0 Å². The van der Waals surface area contributed by atoms with Crippen LogP contribution in [0.1, 0.15) is 272 Å². The van der Waals surface area contributed by atoms with Gasteiger partial charge in [-0.05, 0) is 148 Å². The molecule has 548 valence electrons. The Morgan fingerprint density at radius 3 is 0.875 bits per heavy atom. The summed E-state index contributed by atoms with van der Waals surface area (Å²) in [7, 11) is -9.97. The largest absolute Gasteiger partial charge is 0.472 e. The minimum atomic E-state index is -4.98. The van der Waals surface area contributed by atoms with Gasteiger partial charge in [-0.3, -0.25) is 37.3 Å². The molecule has 0 aliphatic heterocycles. The lowest BCUT2D eigenvalue weighted by Crippen LogP contribution is -2.30. The highest BCUT2D eigenvalue weighted by atomic mass is 31.2. The van der Waals surface area contributed by atoms with Crippen LogP contribution in [-0.2, 0) is 65.4 Å². The molecule has 0 aromatic carbocycles. The molecule has 0 fully saturated rings. The van der Waals surface area contributed by atoms with Gasteiger partial charge in [-0.2, -0.15) is 0 Å². The number of rotatable bonds is 67. The monoisotopic (exact) mass is 1390 g/mol. The summed E-state index contributed by atoms with van der Waals surface area (Å²) in [4.78, 5) is 72.6. The van der Waals surface area contributed by atoms with Crippen LogP contribution >= 0.6 is 15.6 Å². The number of phosphoric ester groups is 2. The van der Waals surface area contributed by atoms with Crippen molar-refractivity contribution in [1.82, 2.24) is 0 Å². The molecule has 5 atom stereocenters. The van der Waals surface area contributed by atoms with Crippen LogP contribution < -0.4 is 0 Å². The summed E-state index contributed by atoms with van der Waals surface area (Å²) in [6.45, 7) is 4.43. The molecule has 96 heavy (non-hydrogen) atoms. The Hall–Kier alpha value is -4.80. The van der Waals surface area contributed by atoms with Crippen LogP contribution in [0.2, 0.25) is 0 Å². The lowest BCUT2D eigenvalue weighted by molar-refractivity contribution is -0.161. The molecule has 0 aliphatic carbocycles. The Morgan fingerprint density at radius 1 is 0.302 bits per heavy atom. The Bertz CT molecular complexity index is 2350. The summed E-state index contributed by atoms with van der Waals surface area (Å²) in [6, 6.07) is 0. The Balaban J connectivity index is 5.36. The molecule has 0 heterocycles. The van der Waals surface area contributed by atoms with Crippen molar-refractivity contribution in [2.24, 2.45) is 0 Å². The lowest BCUT2D eigenvalue weighted by atomic mass is 10.1. The third kappa shape index (κ3) is 67.8. The second-order valence-electron chi connectivity index (χ2n) is 23.8. The number of ether oxygens (including phenoxy) is 4. The number of hydrogen-bond donors (Lipinski definition) is 3. The average Bonchev–Trinajstić information content (AvgIpc) is 1.15. The number of aliphatic hydroxyl groups excluding tert-OH is 1. The van der Waals surface area contributed by atoms with Gasteiger partial charge in [0.2, 0.25) is 0 Å². The maximum atomic E-state index is 13.0. The fourth-order valence-corrected chi connectivity index (χ4v) is 10.6. The zero-order valence-corrected chi connectivity index (χ0v) is 61.3. The topological polar surface area (TPSA) is 237 Å². The molecule has 5 unspecified atom stereocenters. The minimum absolute atomic E-state index is 0.0716. The smallest absolute Gasteiger partial charge is 0.462 e. The number of hydrogen-bond acceptors (Lipinski definition) is 15. The first-order valence-electron chi connectivity index (χ1n) is 36.4. The van der Waals surface area contributed by atoms with Crippen molar-refractivity contribution < 1.29 is 80.2 Å². The highest BCUT2D eigenvalue weighted by Crippen LogP contribution is 2.45. The average molecular weight is 1390 g/mol. The first-order chi connectivity index (χ1) is 46.7. The van der Waals surface area contributed by atoms with Gasteiger partial charge in [-0.25, -0.2) is 9.13 Å². The van der Waals surface area contributed by atoms with Crippen molar-refractivity contribution in [1.29, 1.82) is 0 Å². The van der Waals surface area contributed by atoms with Crippen molar-refractivity contribution in [3.8, 4) is 0 Å². The molecule has 0 bridgehead atoms. The lowest BCUT2D eigenvalue weighted by Gasteiger charge is -2.21. The van der Waals surface area contributed by atoms with Crippen LogP contribution in [-0.4, -0.2) is 96.7 Å². The number of unbranched alkanes of at least 4 members (excludes halogenated alkanes) is 19. The number of carbonyl (C=O) groups excluding carboxylic acids is 4. The van der Waals surface area contributed by atoms with Crippen molar-refractivity contribution >= 4 is 39.5 Å². The molecule has 0 saturated carbocycles. The van der Waals surface area contributed by atoms with Crippen LogP contribution in [0.4, 0.5) is 0 Å². The van der Waals surface area contributed by atoms with E-state index in [2.05, 4.69) is 161 Å². The zero-order chi connectivity index (χ0) is 70.4. The maximum absolute atomic E-state index is 13.0. The minimum Gasteiger partial charge on any atom is -0.462 e. The van der Waals surface area contributed by atoms with E-state index in [1.165, 1.54) is 25.7 Å². The van der Waals surface area contributed by atoms with Crippen molar-refractivity contribution in [2.45, 2.75) is 290 Å². The van der Waals surface area contributed by atoms with Gasteiger partial charge in [0.05, 0.1) is 26.4 Å².